The van der Waals surface area contributed by atoms with Crippen molar-refractivity contribution < 1.29 is 9.59 Å². The van der Waals surface area contributed by atoms with Crippen LogP contribution in [-0.2, 0) is 22.4 Å². The Kier molecular flexibility index (Phi) is 5.43. The Balaban J connectivity index is 1.95. The lowest BCUT2D eigenvalue weighted by atomic mass is 9.65. The second-order valence-electron chi connectivity index (χ2n) is 7.80. The lowest BCUT2D eigenvalue weighted by Crippen LogP contribution is -2.47. The van der Waals surface area contributed by atoms with Gasteiger partial charge >= 0.3 is 0 Å². The molecule has 1 aromatic rings. The molecule has 0 saturated heterocycles. The largest absolute Gasteiger partial charge is 0.299 e. The summed E-state index contributed by atoms with van der Waals surface area (Å²) in [5.41, 5.74) is 4.63. The molecule has 2 fully saturated rings. The van der Waals surface area contributed by atoms with E-state index in [1.54, 1.807) is 0 Å². The van der Waals surface area contributed by atoms with Gasteiger partial charge < -0.3 is 0 Å². The van der Waals surface area contributed by atoms with Gasteiger partial charge in [-0.05, 0) is 61.5 Å². The number of Topliss-reactive ketones (excluding diaryl/α,β-unsaturated/α-hetero) is 2. The number of aryl methyl sites for hydroxylation is 3. The van der Waals surface area contributed by atoms with Gasteiger partial charge in [-0.2, -0.15) is 11.8 Å². The van der Waals surface area contributed by atoms with E-state index in [-0.39, 0.29) is 22.2 Å². The van der Waals surface area contributed by atoms with Gasteiger partial charge in [0.15, 0.2) is 0 Å². The summed E-state index contributed by atoms with van der Waals surface area (Å²) in [5, 5.41) is 0. The average Bonchev–Trinajstić information content (AvgIpc) is 2.54. The molecular weight excluding hydrogens is 328 g/mol. The molecule has 0 radical (unpaired) electrons. The van der Waals surface area contributed by atoms with Crippen LogP contribution >= 0.6 is 11.8 Å². The summed E-state index contributed by atoms with van der Waals surface area (Å²) in [6.07, 6.45) is 8.61. The van der Waals surface area contributed by atoms with E-state index in [4.69, 9.17) is 0 Å². The number of thioether (sulfide) groups is 1. The smallest absolute Gasteiger partial charge is 0.148 e. The number of hydrogen-bond donors (Lipinski definition) is 0. The fourth-order valence-electron chi connectivity index (χ4n) is 4.88. The quantitative estimate of drug-likeness (QED) is 0.692. The lowest BCUT2D eigenvalue weighted by Gasteiger charge is -2.48. The van der Waals surface area contributed by atoms with E-state index in [1.165, 1.54) is 23.1 Å². The molecule has 25 heavy (non-hydrogen) atoms. The summed E-state index contributed by atoms with van der Waals surface area (Å²) in [5.74, 6) is 0.0542. The topological polar surface area (TPSA) is 34.1 Å². The molecule has 1 aromatic carbocycles. The third kappa shape index (κ3) is 3.20. The highest BCUT2D eigenvalue weighted by molar-refractivity contribution is 8.00. The van der Waals surface area contributed by atoms with Gasteiger partial charge in [-0.15, -0.1) is 0 Å². The van der Waals surface area contributed by atoms with E-state index in [0.29, 0.717) is 12.8 Å². The van der Waals surface area contributed by atoms with Crippen molar-refractivity contribution >= 4 is 23.3 Å². The molecule has 0 aliphatic heterocycles. The van der Waals surface area contributed by atoms with Gasteiger partial charge in [0.05, 0.1) is 0 Å². The molecule has 136 valence electrons. The minimum Gasteiger partial charge on any atom is -0.299 e. The van der Waals surface area contributed by atoms with E-state index in [1.807, 2.05) is 11.8 Å². The Morgan fingerprint density at radius 3 is 1.92 bits per heavy atom. The van der Waals surface area contributed by atoms with Crippen molar-refractivity contribution in [3.05, 3.63) is 34.4 Å². The van der Waals surface area contributed by atoms with E-state index in [0.717, 1.165) is 31.2 Å². The fourth-order valence-corrected chi connectivity index (χ4v) is 6.08. The molecule has 0 unspecified atom stereocenters. The van der Waals surface area contributed by atoms with Crippen LogP contribution in [-0.4, -0.2) is 22.6 Å². The Morgan fingerprint density at radius 1 is 1.04 bits per heavy atom. The van der Waals surface area contributed by atoms with Crippen LogP contribution < -0.4 is 0 Å². The molecule has 2 aliphatic carbocycles. The summed E-state index contributed by atoms with van der Waals surface area (Å²) >= 11 is 1.88. The maximum atomic E-state index is 13.1. The second kappa shape index (κ2) is 7.26. The fraction of sp³-hybridized carbons (Fsp3) is 0.636. The highest BCUT2D eigenvalue weighted by atomic mass is 32.2. The lowest BCUT2D eigenvalue weighted by molar-refractivity contribution is -0.134. The molecule has 2 nitrogen and oxygen atoms in total. The van der Waals surface area contributed by atoms with Gasteiger partial charge in [0.2, 0.25) is 0 Å². The van der Waals surface area contributed by atoms with Crippen molar-refractivity contribution in [2.24, 2.45) is 5.92 Å². The number of ketones is 2. The SMILES string of the molecule is CCc1cc(C)cc(CC)c1C1C(=O)CC(C2(SC)CCC2)CC1=O. The molecule has 2 saturated carbocycles. The molecule has 0 spiro atoms. The summed E-state index contributed by atoms with van der Waals surface area (Å²) < 4.78 is 0.185. The van der Waals surface area contributed by atoms with Gasteiger partial charge in [-0.1, -0.05) is 38.0 Å². The first kappa shape index (κ1) is 18.7. The van der Waals surface area contributed by atoms with Crippen LogP contribution in [0.4, 0.5) is 0 Å². The number of benzene rings is 1. The predicted molar refractivity (Wildman–Crippen MR) is 106 cm³/mol. The number of carbonyl (C=O) groups excluding carboxylic acids is 2. The van der Waals surface area contributed by atoms with E-state index in [2.05, 4.69) is 39.2 Å². The van der Waals surface area contributed by atoms with Crippen LogP contribution in [0.15, 0.2) is 12.1 Å². The molecule has 0 aromatic heterocycles. The Bertz CT molecular complexity index is 639. The maximum Gasteiger partial charge on any atom is 0.148 e. The van der Waals surface area contributed by atoms with Crippen molar-refractivity contribution in [2.45, 2.75) is 76.4 Å². The zero-order chi connectivity index (χ0) is 18.2. The van der Waals surface area contributed by atoms with Crippen LogP contribution in [0.2, 0.25) is 0 Å². The normalized spacial score (nSPS) is 25.8. The Morgan fingerprint density at radius 2 is 1.56 bits per heavy atom. The predicted octanol–water partition coefficient (Wildman–Crippen LogP) is 5.04. The van der Waals surface area contributed by atoms with E-state index >= 15 is 0 Å². The van der Waals surface area contributed by atoms with Gasteiger partial charge in [0.1, 0.15) is 17.5 Å². The molecule has 0 heterocycles. The maximum absolute atomic E-state index is 13.1. The molecule has 0 bridgehead atoms. The standard InChI is InChI=1S/C22H30O2S/c1-5-15-10-14(3)11-16(6-2)20(15)21-18(23)12-17(13-19(21)24)22(25-4)8-7-9-22/h10-11,17,21H,5-9,12-13H2,1-4H3. The van der Waals surface area contributed by atoms with Crippen molar-refractivity contribution in [3.63, 3.8) is 0 Å². The highest BCUT2D eigenvalue weighted by Gasteiger charge is 2.49. The minimum absolute atomic E-state index is 0.162. The van der Waals surface area contributed by atoms with Crippen molar-refractivity contribution in [1.29, 1.82) is 0 Å². The second-order valence-corrected chi connectivity index (χ2v) is 9.02. The average molecular weight is 359 g/mol. The Labute approximate surface area is 156 Å². The van der Waals surface area contributed by atoms with Crippen LogP contribution in [0, 0.1) is 12.8 Å². The third-order valence-corrected chi connectivity index (χ3v) is 7.99. The molecule has 3 heteroatoms. The van der Waals surface area contributed by atoms with Crippen LogP contribution in [0.25, 0.3) is 0 Å². The third-order valence-electron chi connectivity index (χ3n) is 6.44. The zero-order valence-corrected chi connectivity index (χ0v) is 16.8. The number of hydrogen-bond acceptors (Lipinski definition) is 3. The number of rotatable bonds is 5. The van der Waals surface area contributed by atoms with Crippen LogP contribution in [0.1, 0.15) is 74.1 Å². The van der Waals surface area contributed by atoms with Gasteiger partial charge in [-0.25, -0.2) is 0 Å². The van der Waals surface area contributed by atoms with E-state index in [9.17, 15) is 9.59 Å². The first-order valence-electron chi connectivity index (χ1n) is 9.68. The van der Waals surface area contributed by atoms with Crippen molar-refractivity contribution in [1.82, 2.24) is 0 Å². The van der Waals surface area contributed by atoms with Crippen molar-refractivity contribution in [3.8, 4) is 0 Å². The molecule has 2 aliphatic rings. The van der Waals surface area contributed by atoms with Gasteiger partial charge in [-0.3, -0.25) is 9.59 Å². The monoisotopic (exact) mass is 358 g/mol. The van der Waals surface area contributed by atoms with Gasteiger partial charge in [0, 0.05) is 17.6 Å². The minimum atomic E-state index is -0.513. The first-order valence-corrected chi connectivity index (χ1v) is 10.9. The van der Waals surface area contributed by atoms with E-state index < -0.39 is 5.92 Å². The first-order chi connectivity index (χ1) is 12.0. The summed E-state index contributed by atoms with van der Waals surface area (Å²) in [7, 11) is 0. The number of carbonyl (C=O) groups is 2. The summed E-state index contributed by atoms with van der Waals surface area (Å²) in [6.45, 7) is 6.34. The van der Waals surface area contributed by atoms with Crippen LogP contribution in [0.3, 0.4) is 0 Å². The van der Waals surface area contributed by atoms with Crippen molar-refractivity contribution in [2.75, 3.05) is 6.26 Å². The van der Waals surface area contributed by atoms with Gasteiger partial charge in [0.25, 0.3) is 0 Å². The molecule has 0 amide bonds. The molecular formula is C22H30O2S. The summed E-state index contributed by atoms with van der Waals surface area (Å²) in [4.78, 5) is 26.2. The molecule has 0 atom stereocenters. The zero-order valence-electron chi connectivity index (χ0n) is 16.0. The highest BCUT2D eigenvalue weighted by Crippen LogP contribution is 2.53. The van der Waals surface area contributed by atoms with Crippen LogP contribution in [0.5, 0.6) is 0 Å². The Hall–Kier alpha value is -1.09. The summed E-state index contributed by atoms with van der Waals surface area (Å²) in [6, 6.07) is 4.33. The molecule has 0 N–H and O–H groups in total. The molecule has 3 rings (SSSR count).